The number of fused-ring (bicyclic) bond motifs is 1. The van der Waals surface area contributed by atoms with Gasteiger partial charge in [0, 0.05) is 6.20 Å². The molecular formula is C10H9F3N4O2. The Kier molecular flexibility index (Phi) is 3.28. The van der Waals surface area contributed by atoms with E-state index in [2.05, 4.69) is 20.1 Å². The SMILES string of the molecule is CCOC(=O)Nc1cn2nccc(C(F)(F)F)c2n1. The molecule has 6 nitrogen and oxygen atoms in total. The zero-order chi connectivity index (χ0) is 14.0. The molecule has 0 spiro atoms. The molecule has 2 aromatic heterocycles. The summed E-state index contributed by atoms with van der Waals surface area (Å²) in [6.45, 7) is 1.75. The molecule has 19 heavy (non-hydrogen) atoms. The van der Waals surface area contributed by atoms with Gasteiger partial charge in [0.05, 0.1) is 12.8 Å². The summed E-state index contributed by atoms with van der Waals surface area (Å²) in [5.74, 6) is -0.0670. The maximum atomic E-state index is 12.7. The number of imidazole rings is 1. The van der Waals surface area contributed by atoms with Crippen LogP contribution in [-0.4, -0.2) is 27.3 Å². The fourth-order valence-electron chi connectivity index (χ4n) is 1.45. The minimum Gasteiger partial charge on any atom is -0.450 e. The number of halogens is 3. The predicted octanol–water partition coefficient (Wildman–Crippen LogP) is 2.32. The fraction of sp³-hybridized carbons (Fsp3) is 0.300. The van der Waals surface area contributed by atoms with E-state index in [9.17, 15) is 18.0 Å². The highest BCUT2D eigenvalue weighted by Crippen LogP contribution is 2.31. The Morgan fingerprint density at radius 3 is 2.89 bits per heavy atom. The van der Waals surface area contributed by atoms with Gasteiger partial charge in [0.15, 0.2) is 11.5 Å². The van der Waals surface area contributed by atoms with Gasteiger partial charge in [-0.25, -0.2) is 14.3 Å². The molecule has 2 aromatic rings. The second-order valence-electron chi connectivity index (χ2n) is 3.48. The summed E-state index contributed by atoms with van der Waals surface area (Å²) in [6, 6.07) is 0.816. The van der Waals surface area contributed by atoms with Gasteiger partial charge in [-0.1, -0.05) is 0 Å². The number of nitrogens with one attached hydrogen (secondary N) is 1. The monoisotopic (exact) mass is 274 g/mol. The summed E-state index contributed by atoms with van der Waals surface area (Å²) in [7, 11) is 0. The molecule has 0 saturated heterocycles. The number of hydrogen-bond acceptors (Lipinski definition) is 4. The van der Waals surface area contributed by atoms with E-state index in [1.807, 2.05) is 0 Å². The number of nitrogens with zero attached hydrogens (tertiary/aromatic N) is 3. The molecular weight excluding hydrogens is 265 g/mol. The summed E-state index contributed by atoms with van der Waals surface area (Å²) >= 11 is 0. The van der Waals surface area contributed by atoms with Crippen molar-refractivity contribution in [3.8, 4) is 0 Å². The highest BCUT2D eigenvalue weighted by atomic mass is 19.4. The van der Waals surface area contributed by atoms with Crippen LogP contribution in [0.1, 0.15) is 12.5 Å². The number of aromatic nitrogens is 3. The summed E-state index contributed by atoms with van der Waals surface area (Å²) < 4.78 is 43.7. The molecule has 1 amide bonds. The third kappa shape index (κ3) is 2.75. The van der Waals surface area contributed by atoms with Crippen LogP contribution in [0.4, 0.5) is 23.8 Å². The van der Waals surface area contributed by atoms with Gasteiger partial charge in [-0.15, -0.1) is 0 Å². The molecule has 0 aromatic carbocycles. The Balaban J connectivity index is 2.38. The van der Waals surface area contributed by atoms with Gasteiger partial charge < -0.3 is 4.74 Å². The number of ether oxygens (including phenoxy) is 1. The van der Waals surface area contributed by atoms with Crippen molar-refractivity contribution in [1.29, 1.82) is 0 Å². The molecule has 0 saturated carbocycles. The smallest absolute Gasteiger partial charge is 0.420 e. The molecule has 2 rings (SSSR count). The van der Waals surface area contributed by atoms with Crippen LogP contribution in [0, 0.1) is 0 Å². The number of hydrogen-bond donors (Lipinski definition) is 1. The normalized spacial score (nSPS) is 11.6. The summed E-state index contributed by atoms with van der Waals surface area (Å²) in [4.78, 5) is 14.8. The van der Waals surface area contributed by atoms with Gasteiger partial charge >= 0.3 is 12.3 Å². The van der Waals surface area contributed by atoms with E-state index in [4.69, 9.17) is 0 Å². The lowest BCUT2D eigenvalue weighted by molar-refractivity contribution is -0.136. The Morgan fingerprint density at radius 1 is 1.53 bits per heavy atom. The lowest BCUT2D eigenvalue weighted by Crippen LogP contribution is -2.13. The number of rotatable bonds is 2. The lowest BCUT2D eigenvalue weighted by Gasteiger charge is -2.06. The molecule has 0 aliphatic carbocycles. The highest BCUT2D eigenvalue weighted by Gasteiger charge is 2.34. The molecule has 0 unspecified atom stereocenters. The van der Waals surface area contributed by atoms with Gasteiger partial charge in [-0.2, -0.15) is 18.3 Å². The largest absolute Gasteiger partial charge is 0.450 e. The third-order valence-electron chi connectivity index (χ3n) is 2.17. The van der Waals surface area contributed by atoms with Crippen molar-refractivity contribution >= 4 is 17.6 Å². The van der Waals surface area contributed by atoms with Crippen LogP contribution < -0.4 is 5.32 Å². The van der Waals surface area contributed by atoms with Crippen LogP contribution in [0.2, 0.25) is 0 Å². The molecule has 0 fully saturated rings. The Morgan fingerprint density at radius 2 is 2.26 bits per heavy atom. The molecule has 2 heterocycles. The van der Waals surface area contributed by atoms with E-state index in [1.165, 1.54) is 6.20 Å². The second-order valence-corrected chi connectivity index (χ2v) is 3.48. The summed E-state index contributed by atoms with van der Waals surface area (Å²) in [5.41, 5.74) is -1.32. The average molecular weight is 274 g/mol. The third-order valence-corrected chi connectivity index (χ3v) is 2.17. The Labute approximate surface area is 105 Å². The van der Waals surface area contributed by atoms with Crippen LogP contribution in [0.5, 0.6) is 0 Å². The van der Waals surface area contributed by atoms with Crippen LogP contribution in [-0.2, 0) is 10.9 Å². The van der Waals surface area contributed by atoms with E-state index in [0.717, 1.165) is 16.8 Å². The first-order valence-corrected chi connectivity index (χ1v) is 5.27. The van der Waals surface area contributed by atoms with Crippen LogP contribution in [0.3, 0.4) is 0 Å². The first-order valence-electron chi connectivity index (χ1n) is 5.27. The predicted molar refractivity (Wildman–Crippen MR) is 58.6 cm³/mol. The van der Waals surface area contributed by atoms with Crippen molar-refractivity contribution in [3.63, 3.8) is 0 Å². The van der Waals surface area contributed by atoms with Crippen molar-refractivity contribution in [1.82, 2.24) is 14.6 Å². The number of anilines is 1. The van der Waals surface area contributed by atoms with Crippen molar-refractivity contribution in [3.05, 3.63) is 24.0 Å². The molecule has 0 aliphatic heterocycles. The van der Waals surface area contributed by atoms with Crippen LogP contribution >= 0.6 is 0 Å². The van der Waals surface area contributed by atoms with Crippen molar-refractivity contribution in [2.45, 2.75) is 13.1 Å². The first-order chi connectivity index (χ1) is 8.91. The number of carbonyl (C=O) groups is 1. The van der Waals surface area contributed by atoms with Crippen molar-refractivity contribution in [2.75, 3.05) is 11.9 Å². The number of amides is 1. The first kappa shape index (κ1) is 13.1. The number of alkyl halides is 3. The van der Waals surface area contributed by atoms with Crippen LogP contribution in [0.15, 0.2) is 18.5 Å². The van der Waals surface area contributed by atoms with Gasteiger partial charge in [0.2, 0.25) is 0 Å². The minimum absolute atomic E-state index is 0.0670. The van der Waals surface area contributed by atoms with E-state index in [1.54, 1.807) is 6.92 Å². The van der Waals surface area contributed by atoms with E-state index < -0.39 is 17.8 Å². The molecule has 9 heteroatoms. The topological polar surface area (TPSA) is 68.5 Å². The van der Waals surface area contributed by atoms with Gasteiger partial charge in [-0.05, 0) is 13.0 Å². The Hall–Kier alpha value is -2.32. The van der Waals surface area contributed by atoms with Crippen molar-refractivity contribution in [2.24, 2.45) is 0 Å². The molecule has 0 atom stereocenters. The van der Waals surface area contributed by atoms with Gasteiger partial charge in [0.25, 0.3) is 0 Å². The molecule has 0 radical (unpaired) electrons. The van der Waals surface area contributed by atoms with E-state index in [-0.39, 0.29) is 18.1 Å². The maximum Gasteiger partial charge on any atom is 0.420 e. The highest BCUT2D eigenvalue weighted by molar-refractivity contribution is 5.83. The minimum atomic E-state index is -4.54. The standard InChI is InChI=1S/C10H9F3N4O2/c1-2-19-9(18)16-7-5-17-8(15-7)6(3-4-14-17)10(11,12)13/h3-5H,2H2,1H3,(H,16,18). The molecule has 1 N–H and O–H groups in total. The van der Waals surface area contributed by atoms with Gasteiger partial charge in [-0.3, -0.25) is 5.32 Å². The number of carbonyl (C=O) groups excluding carboxylic acids is 1. The zero-order valence-corrected chi connectivity index (χ0v) is 9.73. The quantitative estimate of drug-likeness (QED) is 0.912. The fourth-order valence-corrected chi connectivity index (χ4v) is 1.45. The van der Waals surface area contributed by atoms with Crippen LogP contribution in [0.25, 0.3) is 5.65 Å². The summed E-state index contributed by atoms with van der Waals surface area (Å²) in [5, 5.41) is 5.90. The lowest BCUT2D eigenvalue weighted by atomic mass is 10.3. The second kappa shape index (κ2) is 4.75. The zero-order valence-electron chi connectivity index (χ0n) is 9.73. The van der Waals surface area contributed by atoms with E-state index in [0.29, 0.717) is 0 Å². The molecule has 0 bridgehead atoms. The summed E-state index contributed by atoms with van der Waals surface area (Å²) in [6.07, 6.45) is -3.16. The molecule has 102 valence electrons. The average Bonchev–Trinajstić information content (AvgIpc) is 2.69. The van der Waals surface area contributed by atoms with Gasteiger partial charge in [0.1, 0.15) is 5.56 Å². The molecule has 0 aliphatic rings. The van der Waals surface area contributed by atoms with Crippen molar-refractivity contribution < 1.29 is 22.7 Å². The Bertz CT molecular complexity index is 608. The van der Waals surface area contributed by atoms with E-state index >= 15 is 0 Å². The maximum absolute atomic E-state index is 12.7.